The van der Waals surface area contributed by atoms with E-state index in [1.807, 2.05) is 19.1 Å². The number of carboxylic acids is 1. The highest BCUT2D eigenvalue weighted by atomic mass is 79.9. The van der Waals surface area contributed by atoms with Crippen LogP contribution in [0.4, 0.5) is 0 Å². The van der Waals surface area contributed by atoms with E-state index in [1.165, 1.54) is 16.2 Å². The molecule has 0 aliphatic rings. The normalized spacial score (nSPS) is 11.4. The number of halogens is 1. The van der Waals surface area contributed by atoms with Gasteiger partial charge in [0, 0.05) is 20.1 Å². The number of fused-ring (bicyclic) bond motifs is 1. The van der Waals surface area contributed by atoms with Gasteiger partial charge in [0.1, 0.15) is 0 Å². The first kappa shape index (κ1) is 11.4. The highest BCUT2D eigenvalue weighted by Gasteiger charge is 2.06. The molecule has 82 valence electrons. The summed E-state index contributed by atoms with van der Waals surface area (Å²) in [5, 5.41) is 9.77. The molecule has 1 aromatic carbocycles. The zero-order chi connectivity index (χ0) is 11.7. The molecular formula is C12H9BrO2S. The van der Waals surface area contributed by atoms with Crippen molar-refractivity contribution in [2.75, 3.05) is 0 Å². The van der Waals surface area contributed by atoms with Crippen molar-refractivity contribution in [3.05, 3.63) is 39.2 Å². The Hall–Kier alpha value is -1.13. The molecular weight excluding hydrogens is 288 g/mol. The molecule has 16 heavy (non-hydrogen) atoms. The number of aryl methyl sites for hydroxylation is 1. The molecule has 0 radical (unpaired) electrons. The number of benzene rings is 1. The van der Waals surface area contributed by atoms with E-state index in [-0.39, 0.29) is 0 Å². The predicted octanol–water partition coefficient (Wildman–Crippen LogP) is 4.07. The van der Waals surface area contributed by atoms with Crippen molar-refractivity contribution >= 4 is 49.4 Å². The molecule has 0 aliphatic carbocycles. The Bertz CT molecular complexity index is 584. The van der Waals surface area contributed by atoms with Gasteiger partial charge in [0.05, 0.1) is 0 Å². The van der Waals surface area contributed by atoms with E-state index in [0.29, 0.717) is 0 Å². The van der Waals surface area contributed by atoms with Crippen LogP contribution in [-0.4, -0.2) is 11.1 Å². The Morgan fingerprint density at radius 3 is 2.94 bits per heavy atom. The minimum atomic E-state index is -0.918. The van der Waals surface area contributed by atoms with Gasteiger partial charge in [-0.1, -0.05) is 15.9 Å². The fourth-order valence-electron chi connectivity index (χ4n) is 1.52. The van der Waals surface area contributed by atoms with Crippen LogP contribution < -0.4 is 0 Å². The minimum absolute atomic E-state index is 0.918. The lowest BCUT2D eigenvalue weighted by molar-refractivity contribution is -0.131. The molecule has 0 amide bonds. The summed E-state index contributed by atoms with van der Waals surface area (Å²) in [6.07, 6.45) is 2.82. The van der Waals surface area contributed by atoms with Crippen LogP contribution in [0.5, 0.6) is 0 Å². The highest BCUT2D eigenvalue weighted by Crippen LogP contribution is 2.33. The molecule has 0 atom stereocenters. The Balaban J connectivity index is 2.56. The fourth-order valence-corrected chi connectivity index (χ4v) is 2.97. The first-order valence-corrected chi connectivity index (χ1v) is 6.28. The van der Waals surface area contributed by atoms with Gasteiger partial charge >= 0.3 is 5.97 Å². The van der Waals surface area contributed by atoms with Gasteiger partial charge in [0.2, 0.25) is 0 Å². The summed E-state index contributed by atoms with van der Waals surface area (Å²) in [6, 6.07) is 6.08. The Morgan fingerprint density at radius 2 is 2.25 bits per heavy atom. The lowest BCUT2D eigenvalue weighted by atomic mass is 10.1. The van der Waals surface area contributed by atoms with E-state index >= 15 is 0 Å². The van der Waals surface area contributed by atoms with Crippen molar-refractivity contribution in [3.63, 3.8) is 0 Å². The molecule has 0 saturated carbocycles. The number of hydrogen-bond acceptors (Lipinski definition) is 2. The SMILES string of the molecule is Cc1c(C=CC(=O)O)sc2ccc(Br)cc12. The third-order valence-corrected chi connectivity index (χ3v) is 4.04. The van der Waals surface area contributed by atoms with E-state index in [1.54, 1.807) is 17.4 Å². The Morgan fingerprint density at radius 1 is 1.50 bits per heavy atom. The van der Waals surface area contributed by atoms with Crippen molar-refractivity contribution in [2.24, 2.45) is 0 Å². The van der Waals surface area contributed by atoms with Crippen molar-refractivity contribution in [3.8, 4) is 0 Å². The van der Waals surface area contributed by atoms with Crippen LogP contribution in [0, 0.1) is 6.92 Å². The first-order valence-electron chi connectivity index (χ1n) is 4.67. The molecule has 2 rings (SSSR count). The second kappa shape index (κ2) is 4.39. The summed E-state index contributed by atoms with van der Waals surface area (Å²) in [4.78, 5) is 11.5. The van der Waals surface area contributed by atoms with Crippen LogP contribution in [0.3, 0.4) is 0 Å². The lowest BCUT2D eigenvalue weighted by Gasteiger charge is -1.92. The van der Waals surface area contributed by atoms with E-state index in [4.69, 9.17) is 5.11 Å². The zero-order valence-corrected chi connectivity index (χ0v) is 10.9. The summed E-state index contributed by atoms with van der Waals surface area (Å²) >= 11 is 5.03. The monoisotopic (exact) mass is 296 g/mol. The summed E-state index contributed by atoms with van der Waals surface area (Å²) in [6.45, 7) is 2.01. The molecule has 4 heteroatoms. The van der Waals surface area contributed by atoms with E-state index < -0.39 is 5.97 Å². The van der Waals surface area contributed by atoms with Gasteiger partial charge in [0.15, 0.2) is 0 Å². The second-order valence-electron chi connectivity index (χ2n) is 3.40. The first-order chi connectivity index (χ1) is 7.58. The molecule has 1 N–H and O–H groups in total. The maximum absolute atomic E-state index is 10.5. The van der Waals surface area contributed by atoms with Crippen LogP contribution >= 0.6 is 27.3 Å². The largest absolute Gasteiger partial charge is 0.478 e. The third kappa shape index (κ3) is 2.18. The molecule has 1 aromatic heterocycles. The van der Waals surface area contributed by atoms with Crippen molar-refractivity contribution in [1.82, 2.24) is 0 Å². The standard InChI is InChI=1S/C12H9BrO2S/c1-7-9-6-8(13)2-3-11(9)16-10(7)4-5-12(14)15/h2-6H,1H3,(H,14,15). The van der Waals surface area contributed by atoms with Gasteiger partial charge in [-0.3, -0.25) is 0 Å². The number of carboxylic acid groups (broad SMARTS) is 1. The topological polar surface area (TPSA) is 37.3 Å². The van der Waals surface area contributed by atoms with Crippen LogP contribution in [0.2, 0.25) is 0 Å². The molecule has 0 fully saturated rings. The lowest BCUT2D eigenvalue weighted by Crippen LogP contribution is -1.85. The van der Waals surface area contributed by atoms with Gasteiger partial charge in [0.25, 0.3) is 0 Å². The highest BCUT2D eigenvalue weighted by molar-refractivity contribution is 9.10. The maximum atomic E-state index is 10.5. The van der Waals surface area contributed by atoms with Gasteiger partial charge in [-0.25, -0.2) is 4.79 Å². The number of aliphatic carboxylic acids is 1. The Kier molecular flexibility index (Phi) is 3.12. The quantitative estimate of drug-likeness (QED) is 0.848. The summed E-state index contributed by atoms with van der Waals surface area (Å²) < 4.78 is 2.21. The number of rotatable bonds is 2. The second-order valence-corrected chi connectivity index (χ2v) is 5.40. The molecule has 0 aliphatic heterocycles. The van der Waals surface area contributed by atoms with Gasteiger partial charge < -0.3 is 5.11 Å². The Labute approximate surface area is 105 Å². The predicted molar refractivity (Wildman–Crippen MR) is 70.9 cm³/mol. The molecule has 2 nitrogen and oxygen atoms in total. The van der Waals surface area contributed by atoms with Crippen LogP contribution in [0.15, 0.2) is 28.7 Å². The average Bonchev–Trinajstić information content (AvgIpc) is 2.53. The van der Waals surface area contributed by atoms with Crippen LogP contribution in [0.25, 0.3) is 16.2 Å². The number of thiophene rings is 1. The average molecular weight is 297 g/mol. The van der Waals surface area contributed by atoms with Crippen molar-refractivity contribution in [2.45, 2.75) is 6.92 Å². The van der Waals surface area contributed by atoms with Crippen LogP contribution in [0.1, 0.15) is 10.4 Å². The van der Waals surface area contributed by atoms with Gasteiger partial charge in [-0.05, 0) is 42.1 Å². The summed E-state index contributed by atoms with van der Waals surface area (Å²) in [7, 11) is 0. The fraction of sp³-hybridized carbons (Fsp3) is 0.0833. The summed E-state index contributed by atoms with van der Waals surface area (Å²) in [5.74, 6) is -0.918. The molecule has 0 spiro atoms. The van der Waals surface area contributed by atoms with E-state index in [9.17, 15) is 4.79 Å². The number of hydrogen-bond donors (Lipinski definition) is 1. The van der Waals surface area contributed by atoms with E-state index in [2.05, 4.69) is 22.0 Å². The van der Waals surface area contributed by atoms with E-state index in [0.717, 1.165) is 14.9 Å². The molecule has 1 heterocycles. The summed E-state index contributed by atoms with van der Waals surface area (Å²) in [5.41, 5.74) is 1.12. The molecule has 0 bridgehead atoms. The zero-order valence-electron chi connectivity index (χ0n) is 8.53. The smallest absolute Gasteiger partial charge is 0.328 e. The molecule has 2 aromatic rings. The molecule has 0 unspecified atom stereocenters. The van der Waals surface area contributed by atoms with Gasteiger partial charge in [-0.15, -0.1) is 11.3 Å². The van der Waals surface area contributed by atoms with Crippen LogP contribution in [-0.2, 0) is 4.79 Å². The number of carbonyl (C=O) groups is 1. The molecule has 0 saturated heterocycles. The van der Waals surface area contributed by atoms with Crippen molar-refractivity contribution < 1.29 is 9.90 Å². The maximum Gasteiger partial charge on any atom is 0.328 e. The van der Waals surface area contributed by atoms with Crippen molar-refractivity contribution in [1.29, 1.82) is 0 Å². The van der Waals surface area contributed by atoms with Gasteiger partial charge in [-0.2, -0.15) is 0 Å². The third-order valence-electron chi connectivity index (χ3n) is 2.31. The minimum Gasteiger partial charge on any atom is -0.478 e.